The Kier molecular flexibility index (Phi) is 7.95. The van der Waals surface area contributed by atoms with Gasteiger partial charge in [0.1, 0.15) is 0 Å². The Morgan fingerprint density at radius 2 is 2.00 bits per heavy atom. The van der Waals surface area contributed by atoms with E-state index in [1.54, 1.807) is 0 Å². The molecule has 1 aromatic carbocycles. The van der Waals surface area contributed by atoms with Gasteiger partial charge in [0.25, 0.3) is 0 Å². The first kappa shape index (κ1) is 17.8. The van der Waals surface area contributed by atoms with Gasteiger partial charge >= 0.3 is 0 Å². The first-order valence-corrected chi connectivity index (χ1v) is 8.93. The van der Waals surface area contributed by atoms with E-state index in [-0.39, 0.29) is 0 Å². The molecule has 0 atom stereocenters. The monoisotopic (exact) mass is 317 g/mol. The fourth-order valence-corrected chi connectivity index (χ4v) is 2.31. The average Bonchev–Trinajstić information content (AvgIpc) is 3.37. The third kappa shape index (κ3) is 8.03. The third-order valence-corrected chi connectivity index (χ3v) is 3.94. The second-order valence-electron chi connectivity index (χ2n) is 6.29. The molecule has 0 unspecified atom stereocenters. The Morgan fingerprint density at radius 1 is 1.22 bits per heavy atom. The Hall–Kier alpha value is -1.55. The number of ether oxygens (including phenoxy) is 1. The summed E-state index contributed by atoms with van der Waals surface area (Å²) in [6.45, 7) is 8.57. The standard InChI is InChI=1S/C19H31N3O/c1-3-20-19(21-12-4-14-23-15-18-9-10-18)22-13-11-17-7-5-16(2)6-8-17/h5-8,18H,3-4,9-15H2,1-2H3,(H2,20,21,22). The second-order valence-corrected chi connectivity index (χ2v) is 6.29. The van der Waals surface area contributed by atoms with Crippen molar-refractivity contribution in [3.63, 3.8) is 0 Å². The van der Waals surface area contributed by atoms with Crippen LogP contribution in [-0.2, 0) is 11.2 Å². The number of hydrogen-bond acceptors (Lipinski definition) is 2. The molecule has 4 nitrogen and oxygen atoms in total. The highest BCUT2D eigenvalue weighted by atomic mass is 16.5. The van der Waals surface area contributed by atoms with Crippen LogP contribution in [0.25, 0.3) is 0 Å². The molecular weight excluding hydrogens is 286 g/mol. The molecule has 23 heavy (non-hydrogen) atoms. The summed E-state index contributed by atoms with van der Waals surface area (Å²) in [5.74, 6) is 1.75. The van der Waals surface area contributed by atoms with E-state index < -0.39 is 0 Å². The molecule has 0 aliphatic heterocycles. The molecule has 1 saturated carbocycles. The van der Waals surface area contributed by atoms with E-state index >= 15 is 0 Å². The zero-order chi connectivity index (χ0) is 16.3. The minimum atomic E-state index is 0.810. The lowest BCUT2D eigenvalue weighted by atomic mass is 10.1. The number of aryl methyl sites for hydroxylation is 1. The molecule has 0 spiro atoms. The molecule has 0 saturated heterocycles. The molecule has 128 valence electrons. The Labute approximate surface area is 140 Å². The molecule has 2 rings (SSSR count). The SMILES string of the molecule is CCNC(=NCCCOCC1CC1)NCCc1ccc(C)cc1. The van der Waals surface area contributed by atoms with Gasteiger partial charge in [0, 0.05) is 32.8 Å². The van der Waals surface area contributed by atoms with E-state index in [0.29, 0.717) is 0 Å². The van der Waals surface area contributed by atoms with Crippen LogP contribution in [0.1, 0.15) is 37.3 Å². The molecule has 0 amide bonds. The van der Waals surface area contributed by atoms with Gasteiger partial charge in [-0.15, -0.1) is 0 Å². The van der Waals surface area contributed by atoms with Gasteiger partial charge in [-0.05, 0) is 51.0 Å². The van der Waals surface area contributed by atoms with Gasteiger partial charge in [-0.1, -0.05) is 29.8 Å². The van der Waals surface area contributed by atoms with E-state index in [2.05, 4.69) is 53.7 Å². The van der Waals surface area contributed by atoms with Crippen molar-refractivity contribution in [2.45, 2.75) is 39.5 Å². The fourth-order valence-electron chi connectivity index (χ4n) is 2.31. The van der Waals surface area contributed by atoms with Gasteiger partial charge in [0.15, 0.2) is 5.96 Å². The van der Waals surface area contributed by atoms with E-state index in [4.69, 9.17) is 4.74 Å². The molecule has 2 N–H and O–H groups in total. The van der Waals surface area contributed by atoms with Crippen molar-refractivity contribution in [2.75, 3.05) is 32.8 Å². The van der Waals surface area contributed by atoms with Crippen LogP contribution in [0.5, 0.6) is 0 Å². The summed E-state index contributed by atoms with van der Waals surface area (Å²) in [6, 6.07) is 8.71. The first-order valence-electron chi connectivity index (χ1n) is 8.93. The first-order chi connectivity index (χ1) is 11.3. The van der Waals surface area contributed by atoms with Crippen LogP contribution in [0.3, 0.4) is 0 Å². The number of nitrogens with zero attached hydrogens (tertiary/aromatic N) is 1. The van der Waals surface area contributed by atoms with Crippen molar-refractivity contribution in [1.82, 2.24) is 10.6 Å². The summed E-state index contributed by atoms with van der Waals surface area (Å²) in [4.78, 5) is 4.61. The summed E-state index contributed by atoms with van der Waals surface area (Å²) in [5.41, 5.74) is 2.66. The van der Waals surface area contributed by atoms with E-state index in [0.717, 1.165) is 57.6 Å². The minimum absolute atomic E-state index is 0.810. The van der Waals surface area contributed by atoms with E-state index in [1.807, 2.05) is 0 Å². The fraction of sp³-hybridized carbons (Fsp3) is 0.632. The Balaban J connectivity index is 1.60. The lowest BCUT2D eigenvalue weighted by Crippen LogP contribution is -2.38. The van der Waals surface area contributed by atoms with Gasteiger partial charge < -0.3 is 15.4 Å². The second kappa shape index (κ2) is 10.3. The maximum absolute atomic E-state index is 5.64. The molecule has 1 fully saturated rings. The van der Waals surface area contributed by atoms with Gasteiger partial charge in [-0.25, -0.2) is 0 Å². The van der Waals surface area contributed by atoms with Crippen molar-refractivity contribution in [1.29, 1.82) is 0 Å². The molecular formula is C19H31N3O. The number of hydrogen-bond donors (Lipinski definition) is 2. The van der Waals surface area contributed by atoms with Crippen LogP contribution in [0.2, 0.25) is 0 Å². The van der Waals surface area contributed by atoms with E-state index in [1.165, 1.54) is 24.0 Å². The molecule has 0 bridgehead atoms. The maximum atomic E-state index is 5.64. The Bertz CT molecular complexity index is 466. The summed E-state index contributed by atoms with van der Waals surface area (Å²) >= 11 is 0. The maximum Gasteiger partial charge on any atom is 0.191 e. The molecule has 0 radical (unpaired) electrons. The van der Waals surface area contributed by atoms with Crippen LogP contribution in [0, 0.1) is 12.8 Å². The highest BCUT2D eigenvalue weighted by Crippen LogP contribution is 2.28. The van der Waals surface area contributed by atoms with Crippen LogP contribution >= 0.6 is 0 Å². The third-order valence-electron chi connectivity index (χ3n) is 3.94. The number of rotatable bonds is 10. The molecule has 1 aliphatic rings. The summed E-state index contributed by atoms with van der Waals surface area (Å²) < 4.78 is 5.64. The van der Waals surface area contributed by atoms with Crippen LogP contribution in [0.15, 0.2) is 29.3 Å². The van der Waals surface area contributed by atoms with E-state index in [9.17, 15) is 0 Å². The lowest BCUT2D eigenvalue weighted by molar-refractivity contribution is 0.123. The van der Waals surface area contributed by atoms with Crippen LogP contribution in [-0.4, -0.2) is 38.8 Å². The van der Waals surface area contributed by atoms with Crippen molar-refractivity contribution >= 4 is 5.96 Å². The smallest absolute Gasteiger partial charge is 0.191 e. The average molecular weight is 317 g/mol. The van der Waals surface area contributed by atoms with Crippen molar-refractivity contribution < 1.29 is 4.74 Å². The highest BCUT2D eigenvalue weighted by molar-refractivity contribution is 5.79. The van der Waals surface area contributed by atoms with Crippen molar-refractivity contribution in [3.8, 4) is 0 Å². The summed E-state index contributed by atoms with van der Waals surface area (Å²) in [7, 11) is 0. The van der Waals surface area contributed by atoms with Gasteiger partial charge in [-0.2, -0.15) is 0 Å². The zero-order valence-electron chi connectivity index (χ0n) is 14.6. The normalized spacial score (nSPS) is 14.8. The quantitative estimate of drug-likeness (QED) is 0.396. The minimum Gasteiger partial charge on any atom is -0.381 e. The predicted octanol–water partition coefficient (Wildman–Crippen LogP) is 2.91. The van der Waals surface area contributed by atoms with Crippen molar-refractivity contribution in [3.05, 3.63) is 35.4 Å². The molecule has 4 heteroatoms. The molecule has 0 heterocycles. The highest BCUT2D eigenvalue weighted by Gasteiger charge is 2.20. The predicted molar refractivity (Wildman–Crippen MR) is 97.0 cm³/mol. The van der Waals surface area contributed by atoms with Crippen LogP contribution in [0.4, 0.5) is 0 Å². The lowest BCUT2D eigenvalue weighted by Gasteiger charge is -2.11. The zero-order valence-corrected chi connectivity index (χ0v) is 14.6. The largest absolute Gasteiger partial charge is 0.381 e. The number of benzene rings is 1. The number of aliphatic imine (C=N–C) groups is 1. The number of guanidine groups is 1. The Morgan fingerprint density at radius 3 is 2.70 bits per heavy atom. The van der Waals surface area contributed by atoms with Gasteiger partial charge in [-0.3, -0.25) is 4.99 Å². The number of nitrogens with one attached hydrogen (secondary N) is 2. The van der Waals surface area contributed by atoms with Crippen LogP contribution < -0.4 is 10.6 Å². The summed E-state index contributed by atoms with van der Waals surface area (Å²) in [6.07, 6.45) is 4.71. The van der Waals surface area contributed by atoms with Gasteiger partial charge in [0.05, 0.1) is 0 Å². The molecule has 1 aromatic rings. The van der Waals surface area contributed by atoms with Crippen molar-refractivity contribution in [2.24, 2.45) is 10.9 Å². The van der Waals surface area contributed by atoms with Gasteiger partial charge in [0.2, 0.25) is 0 Å². The topological polar surface area (TPSA) is 45.7 Å². The molecule has 1 aliphatic carbocycles. The molecule has 0 aromatic heterocycles. The summed E-state index contributed by atoms with van der Waals surface area (Å²) in [5, 5.41) is 6.70.